The largest absolute Gasteiger partial charge is 0.392 e. The van der Waals surface area contributed by atoms with Crippen LogP contribution in [-0.4, -0.2) is 14.7 Å². The van der Waals surface area contributed by atoms with Gasteiger partial charge in [0.2, 0.25) is 0 Å². The first-order valence-electron chi connectivity index (χ1n) is 4.51. The predicted octanol–water partition coefficient (Wildman–Crippen LogP) is 2.20. The van der Waals surface area contributed by atoms with Gasteiger partial charge in [-0.25, -0.2) is 4.98 Å². The summed E-state index contributed by atoms with van der Waals surface area (Å²) in [6.07, 6.45) is 1.95. The topological polar surface area (TPSA) is 38.0 Å². The molecule has 0 saturated heterocycles. The fourth-order valence-electron chi connectivity index (χ4n) is 1.58. The van der Waals surface area contributed by atoms with Crippen LogP contribution in [-0.2, 0) is 13.2 Å². The molecule has 0 atom stereocenters. The highest BCUT2D eigenvalue weighted by Crippen LogP contribution is 2.21. The summed E-state index contributed by atoms with van der Waals surface area (Å²) in [5.74, 6) is 0. The van der Waals surface area contributed by atoms with E-state index in [4.69, 9.17) is 16.7 Å². The summed E-state index contributed by atoms with van der Waals surface area (Å²) in [6, 6.07) is 3.65. The zero-order chi connectivity index (χ0) is 10.1. The van der Waals surface area contributed by atoms with Gasteiger partial charge in [0.25, 0.3) is 0 Å². The number of halogens is 1. The fraction of sp³-hybridized carbons (Fsp3) is 0.300. The lowest BCUT2D eigenvalue weighted by molar-refractivity contribution is 0.283. The molecule has 0 aromatic carbocycles. The molecule has 2 aromatic heterocycles. The van der Waals surface area contributed by atoms with E-state index < -0.39 is 0 Å². The van der Waals surface area contributed by atoms with Crippen molar-refractivity contribution in [3.05, 3.63) is 29.0 Å². The second-order valence-corrected chi connectivity index (χ2v) is 3.49. The maximum absolute atomic E-state index is 9.15. The van der Waals surface area contributed by atoms with Crippen LogP contribution in [0.5, 0.6) is 0 Å². The summed E-state index contributed by atoms with van der Waals surface area (Å²) in [5.41, 5.74) is 1.66. The Morgan fingerprint density at radius 1 is 1.57 bits per heavy atom. The molecule has 2 heterocycles. The Bertz CT molecular complexity index is 464. The highest BCUT2D eigenvalue weighted by molar-refractivity contribution is 6.29. The number of pyridine rings is 1. The molecule has 4 heteroatoms. The molecule has 0 bridgehead atoms. The molecule has 0 aliphatic rings. The molecule has 0 radical (unpaired) electrons. The van der Waals surface area contributed by atoms with E-state index in [9.17, 15) is 0 Å². The molecule has 0 saturated carbocycles. The van der Waals surface area contributed by atoms with Gasteiger partial charge in [0.1, 0.15) is 10.8 Å². The second-order valence-electron chi connectivity index (χ2n) is 3.10. The number of aliphatic hydroxyl groups is 1. The zero-order valence-electron chi connectivity index (χ0n) is 7.87. The maximum atomic E-state index is 9.15. The van der Waals surface area contributed by atoms with Crippen LogP contribution < -0.4 is 0 Å². The van der Waals surface area contributed by atoms with E-state index >= 15 is 0 Å². The Balaban J connectivity index is 2.76. The molecule has 0 aliphatic carbocycles. The summed E-state index contributed by atoms with van der Waals surface area (Å²) in [6.45, 7) is 2.88. The van der Waals surface area contributed by atoms with Gasteiger partial charge in [-0.1, -0.05) is 11.6 Å². The van der Waals surface area contributed by atoms with Crippen LogP contribution in [0.25, 0.3) is 11.0 Å². The van der Waals surface area contributed by atoms with Crippen LogP contribution in [0.4, 0.5) is 0 Å². The summed E-state index contributed by atoms with van der Waals surface area (Å²) >= 11 is 5.85. The molecule has 2 rings (SSSR count). The Morgan fingerprint density at radius 3 is 3.00 bits per heavy atom. The third-order valence-electron chi connectivity index (χ3n) is 2.30. The van der Waals surface area contributed by atoms with Crippen molar-refractivity contribution in [1.82, 2.24) is 9.55 Å². The third-order valence-corrected chi connectivity index (χ3v) is 2.49. The van der Waals surface area contributed by atoms with Gasteiger partial charge in [-0.2, -0.15) is 0 Å². The van der Waals surface area contributed by atoms with Gasteiger partial charge < -0.3 is 9.67 Å². The number of hydrogen-bond donors (Lipinski definition) is 1. The number of aliphatic hydroxyl groups excluding tert-OH is 1. The van der Waals surface area contributed by atoms with Gasteiger partial charge in [-0.3, -0.25) is 0 Å². The van der Waals surface area contributed by atoms with Crippen molar-refractivity contribution in [3.63, 3.8) is 0 Å². The van der Waals surface area contributed by atoms with E-state index in [0.29, 0.717) is 5.15 Å². The summed E-state index contributed by atoms with van der Waals surface area (Å²) in [5, 5.41) is 10.5. The fourth-order valence-corrected chi connectivity index (χ4v) is 1.79. The lowest BCUT2D eigenvalue weighted by Crippen LogP contribution is -1.95. The number of rotatable bonds is 2. The van der Waals surface area contributed by atoms with Crippen LogP contribution in [0.1, 0.15) is 12.5 Å². The molecule has 0 aliphatic heterocycles. The first kappa shape index (κ1) is 9.49. The lowest BCUT2D eigenvalue weighted by Gasteiger charge is -2.03. The van der Waals surface area contributed by atoms with Gasteiger partial charge in [-0.15, -0.1) is 0 Å². The molecule has 1 N–H and O–H groups in total. The van der Waals surface area contributed by atoms with Crippen molar-refractivity contribution < 1.29 is 5.11 Å². The Morgan fingerprint density at radius 2 is 2.36 bits per heavy atom. The molecule has 0 spiro atoms. The SMILES string of the molecule is CCn1ccc2c(CO)cc(Cl)nc21. The number of fused-ring (bicyclic) bond motifs is 1. The number of nitrogens with zero attached hydrogens (tertiary/aromatic N) is 2. The molecular formula is C10H11ClN2O. The predicted molar refractivity (Wildman–Crippen MR) is 56.3 cm³/mol. The standard InChI is InChI=1S/C10H11ClN2O/c1-2-13-4-3-8-7(6-14)5-9(11)12-10(8)13/h3-5,14H,2,6H2,1H3. The van der Waals surface area contributed by atoms with Crippen LogP contribution in [0.15, 0.2) is 18.3 Å². The first-order valence-corrected chi connectivity index (χ1v) is 4.89. The molecule has 14 heavy (non-hydrogen) atoms. The highest BCUT2D eigenvalue weighted by atomic mass is 35.5. The second kappa shape index (κ2) is 3.59. The minimum atomic E-state index is -0.00747. The highest BCUT2D eigenvalue weighted by Gasteiger charge is 2.07. The van der Waals surface area contributed by atoms with E-state index in [1.54, 1.807) is 6.07 Å². The van der Waals surface area contributed by atoms with Crippen LogP contribution in [0, 0.1) is 0 Å². The van der Waals surface area contributed by atoms with Crippen molar-refractivity contribution in [2.24, 2.45) is 0 Å². The summed E-state index contributed by atoms with van der Waals surface area (Å²) in [4.78, 5) is 4.23. The maximum Gasteiger partial charge on any atom is 0.142 e. The van der Waals surface area contributed by atoms with Crippen molar-refractivity contribution in [1.29, 1.82) is 0 Å². The Labute approximate surface area is 86.9 Å². The van der Waals surface area contributed by atoms with Crippen molar-refractivity contribution in [2.45, 2.75) is 20.1 Å². The summed E-state index contributed by atoms with van der Waals surface area (Å²) < 4.78 is 2.00. The molecule has 0 fully saturated rings. The molecule has 0 unspecified atom stereocenters. The van der Waals surface area contributed by atoms with Crippen LogP contribution >= 0.6 is 11.6 Å². The molecule has 2 aromatic rings. The average Bonchev–Trinajstić information content (AvgIpc) is 2.59. The number of aromatic nitrogens is 2. The number of aryl methyl sites for hydroxylation is 1. The van der Waals surface area contributed by atoms with Crippen LogP contribution in [0.3, 0.4) is 0 Å². The van der Waals surface area contributed by atoms with E-state index in [2.05, 4.69) is 4.98 Å². The molecule has 74 valence electrons. The minimum Gasteiger partial charge on any atom is -0.392 e. The third kappa shape index (κ3) is 1.38. The average molecular weight is 211 g/mol. The number of hydrogen-bond acceptors (Lipinski definition) is 2. The molecule has 0 amide bonds. The smallest absolute Gasteiger partial charge is 0.142 e. The monoisotopic (exact) mass is 210 g/mol. The van der Waals surface area contributed by atoms with Crippen LogP contribution in [0.2, 0.25) is 5.15 Å². The normalized spacial score (nSPS) is 11.1. The van der Waals surface area contributed by atoms with Gasteiger partial charge in [0.05, 0.1) is 6.61 Å². The quantitative estimate of drug-likeness (QED) is 0.772. The lowest BCUT2D eigenvalue weighted by atomic mass is 10.2. The Kier molecular flexibility index (Phi) is 2.44. The van der Waals surface area contributed by atoms with Gasteiger partial charge in [-0.05, 0) is 24.6 Å². The van der Waals surface area contributed by atoms with E-state index in [1.807, 2.05) is 23.8 Å². The minimum absolute atomic E-state index is 0.00747. The zero-order valence-corrected chi connectivity index (χ0v) is 8.62. The van der Waals surface area contributed by atoms with E-state index in [1.165, 1.54) is 0 Å². The van der Waals surface area contributed by atoms with Gasteiger partial charge in [0, 0.05) is 18.1 Å². The van der Waals surface area contributed by atoms with Crippen molar-refractivity contribution >= 4 is 22.6 Å². The first-order chi connectivity index (χ1) is 6.76. The van der Waals surface area contributed by atoms with Gasteiger partial charge >= 0.3 is 0 Å². The molecule has 3 nitrogen and oxygen atoms in total. The van der Waals surface area contributed by atoms with E-state index in [-0.39, 0.29) is 6.61 Å². The molecular weight excluding hydrogens is 200 g/mol. The van der Waals surface area contributed by atoms with Gasteiger partial charge in [0.15, 0.2) is 0 Å². The Hall–Kier alpha value is -1.06. The van der Waals surface area contributed by atoms with Crippen molar-refractivity contribution in [2.75, 3.05) is 0 Å². The van der Waals surface area contributed by atoms with E-state index in [0.717, 1.165) is 23.1 Å². The summed E-state index contributed by atoms with van der Waals surface area (Å²) in [7, 11) is 0. The van der Waals surface area contributed by atoms with Crippen molar-refractivity contribution in [3.8, 4) is 0 Å².